The lowest BCUT2D eigenvalue weighted by Crippen LogP contribution is -2.02. The maximum absolute atomic E-state index is 4.28. The SMILES string of the molecule is CC(C)=C(/C=C1/C=CCCC1C)c1cnccc1C. The van der Waals surface area contributed by atoms with E-state index in [0.717, 1.165) is 0 Å². The number of pyridine rings is 1. The lowest BCUT2D eigenvalue weighted by Gasteiger charge is -2.18. The van der Waals surface area contributed by atoms with Crippen molar-refractivity contribution < 1.29 is 0 Å². The van der Waals surface area contributed by atoms with Crippen LogP contribution in [0.1, 0.15) is 44.7 Å². The zero-order chi connectivity index (χ0) is 13.8. The minimum Gasteiger partial charge on any atom is -0.264 e. The van der Waals surface area contributed by atoms with Gasteiger partial charge in [-0.3, -0.25) is 4.98 Å². The zero-order valence-electron chi connectivity index (χ0n) is 12.4. The first kappa shape index (κ1) is 13.8. The summed E-state index contributed by atoms with van der Waals surface area (Å²) in [6.45, 7) is 8.82. The molecule has 0 fully saturated rings. The molecule has 0 saturated heterocycles. The van der Waals surface area contributed by atoms with Crippen LogP contribution in [0.5, 0.6) is 0 Å². The monoisotopic (exact) mass is 253 g/mol. The van der Waals surface area contributed by atoms with E-state index in [1.807, 2.05) is 12.4 Å². The van der Waals surface area contributed by atoms with Crippen molar-refractivity contribution in [1.29, 1.82) is 0 Å². The van der Waals surface area contributed by atoms with E-state index in [-0.39, 0.29) is 0 Å². The highest BCUT2D eigenvalue weighted by atomic mass is 14.6. The van der Waals surface area contributed by atoms with Crippen molar-refractivity contribution in [1.82, 2.24) is 4.98 Å². The van der Waals surface area contributed by atoms with E-state index >= 15 is 0 Å². The lowest BCUT2D eigenvalue weighted by molar-refractivity contribution is 0.618. The number of allylic oxidation sites excluding steroid dienone is 6. The van der Waals surface area contributed by atoms with E-state index in [0.29, 0.717) is 5.92 Å². The summed E-state index contributed by atoms with van der Waals surface area (Å²) in [4.78, 5) is 4.28. The van der Waals surface area contributed by atoms with Crippen LogP contribution in [0.15, 0.2) is 47.8 Å². The standard InChI is InChI=1S/C18H23N/c1-13(2)17(18-12-19-10-9-15(18)4)11-16-8-6-5-7-14(16)3/h6,8-12,14H,5,7H2,1-4H3/b16-11-. The summed E-state index contributed by atoms with van der Waals surface area (Å²) in [5.41, 5.74) is 6.64. The van der Waals surface area contributed by atoms with Crippen molar-refractivity contribution in [2.24, 2.45) is 5.92 Å². The van der Waals surface area contributed by atoms with Crippen molar-refractivity contribution in [3.8, 4) is 0 Å². The molecule has 1 aromatic heterocycles. The molecule has 1 aliphatic rings. The quantitative estimate of drug-likeness (QED) is 0.715. The molecule has 0 bridgehead atoms. The van der Waals surface area contributed by atoms with Gasteiger partial charge in [-0.25, -0.2) is 0 Å². The van der Waals surface area contributed by atoms with Crippen LogP contribution >= 0.6 is 0 Å². The summed E-state index contributed by atoms with van der Waals surface area (Å²) in [5.74, 6) is 0.649. The summed E-state index contributed by atoms with van der Waals surface area (Å²) < 4.78 is 0. The largest absolute Gasteiger partial charge is 0.264 e. The van der Waals surface area contributed by atoms with E-state index in [2.05, 4.69) is 57.0 Å². The molecular weight excluding hydrogens is 230 g/mol. The Morgan fingerprint density at radius 2 is 2.16 bits per heavy atom. The summed E-state index contributed by atoms with van der Waals surface area (Å²) >= 11 is 0. The molecule has 1 nitrogen and oxygen atoms in total. The van der Waals surface area contributed by atoms with Crippen LogP contribution < -0.4 is 0 Å². The molecular formula is C18H23N. The first-order valence-electron chi connectivity index (χ1n) is 7.06. The van der Waals surface area contributed by atoms with E-state index in [9.17, 15) is 0 Å². The second-order valence-electron chi connectivity index (χ2n) is 5.63. The van der Waals surface area contributed by atoms with Crippen molar-refractivity contribution in [3.05, 3.63) is 59.0 Å². The molecule has 0 aliphatic heterocycles. The minimum absolute atomic E-state index is 0.649. The number of hydrogen-bond donors (Lipinski definition) is 0. The minimum atomic E-state index is 0.649. The third-order valence-electron chi connectivity index (χ3n) is 3.82. The van der Waals surface area contributed by atoms with Gasteiger partial charge in [-0.15, -0.1) is 0 Å². The van der Waals surface area contributed by atoms with Gasteiger partial charge in [0.1, 0.15) is 0 Å². The Morgan fingerprint density at radius 3 is 2.79 bits per heavy atom. The van der Waals surface area contributed by atoms with Crippen LogP contribution in [0.25, 0.3) is 5.57 Å². The number of aromatic nitrogens is 1. The van der Waals surface area contributed by atoms with Gasteiger partial charge in [0.25, 0.3) is 0 Å². The van der Waals surface area contributed by atoms with Crippen molar-refractivity contribution in [3.63, 3.8) is 0 Å². The molecule has 1 heteroatoms. The smallest absolute Gasteiger partial charge is 0.0348 e. The molecule has 0 saturated carbocycles. The van der Waals surface area contributed by atoms with Crippen LogP contribution in [-0.4, -0.2) is 4.98 Å². The maximum Gasteiger partial charge on any atom is 0.0348 e. The number of rotatable bonds is 2. The first-order valence-corrected chi connectivity index (χ1v) is 7.06. The van der Waals surface area contributed by atoms with Crippen molar-refractivity contribution in [2.45, 2.75) is 40.5 Å². The molecule has 1 aromatic rings. The molecule has 0 radical (unpaired) electrons. The van der Waals surface area contributed by atoms with Gasteiger partial charge in [0, 0.05) is 18.0 Å². The van der Waals surface area contributed by atoms with Crippen LogP contribution in [0, 0.1) is 12.8 Å². The molecule has 1 heterocycles. The topological polar surface area (TPSA) is 12.9 Å². The van der Waals surface area contributed by atoms with Gasteiger partial charge < -0.3 is 0 Å². The molecule has 100 valence electrons. The second-order valence-corrected chi connectivity index (χ2v) is 5.63. The summed E-state index contributed by atoms with van der Waals surface area (Å²) in [6, 6.07) is 2.08. The fraction of sp³-hybridized carbons (Fsp3) is 0.389. The lowest BCUT2D eigenvalue weighted by atomic mass is 9.87. The number of hydrogen-bond acceptors (Lipinski definition) is 1. The Hall–Kier alpha value is -1.63. The van der Waals surface area contributed by atoms with E-state index in [1.165, 1.54) is 40.7 Å². The maximum atomic E-state index is 4.28. The van der Waals surface area contributed by atoms with Crippen LogP contribution in [-0.2, 0) is 0 Å². The van der Waals surface area contributed by atoms with Gasteiger partial charge in [0.2, 0.25) is 0 Å². The Morgan fingerprint density at radius 1 is 1.37 bits per heavy atom. The molecule has 0 aromatic carbocycles. The first-order chi connectivity index (χ1) is 9.09. The van der Waals surface area contributed by atoms with Gasteiger partial charge in [0.05, 0.1) is 0 Å². The average molecular weight is 253 g/mol. The van der Waals surface area contributed by atoms with E-state index in [1.54, 1.807) is 0 Å². The average Bonchev–Trinajstić information content (AvgIpc) is 2.38. The molecule has 1 unspecified atom stereocenters. The third-order valence-corrected chi connectivity index (χ3v) is 3.82. The predicted octanol–water partition coefficient (Wildman–Crippen LogP) is 5.10. The summed E-state index contributed by atoms with van der Waals surface area (Å²) in [5, 5.41) is 0. The Bertz CT molecular complexity index is 543. The Balaban J connectivity index is 2.47. The number of aryl methyl sites for hydroxylation is 1. The van der Waals surface area contributed by atoms with Crippen LogP contribution in [0.2, 0.25) is 0 Å². The highest BCUT2D eigenvalue weighted by Gasteiger charge is 2.12. The van der Waals surface area contributed by atoms with Crippen LogP contribution in [0.3, 0.4) is 0 Å². The zero-order valence-corrected chi connectivity index (χ0v) is 12.4. The fourth-order valence-corrected chi connectivity index (χ4v) is 2.49. The van der Waals surface area contributed by atoms with Gasteiger partial charge in [-0.1, -0.05) is 30.7 Å². The molecule has 2 rings (SSSR count). The molecule has 0 N–H and O–H groups in total. The van der Waals surface area contributed by atoms with Crippen molar-refractivity contribution >= 4 is 5.57 Å². The highest BCUT2D eigenvalue weighted by Crippen LogP contribution is 2.29. The van der Waals surface area contributed by atoms with Gasteiger partial charge in [-0.05, 0) is 62.3 Å². The fourth-order valence-electron chi connectivity index (χ4n) is 2.49. The molecule has 1 atom stereocenters. The summed E-state index contributed by atoms with van der Waals surface area (Å²) in [7, 11) is 0. The van der Waals surface area contributed by atoms with Crippen molar-refractivity contribution in [2.75, 3.05) is 0 Å². The van der Waals surface area contributed by atoms with E-state index in [4.69, 9.17) is 0 Å². The molecule has 0 spiro atoms. The Labute approximate surface area is 116 Å². The molecule has 19 heavy (non-hydrogen) atoms. The highest BCUT2D eigenvalue weighted by molar-refractivity contribution is 5.78. The molecule has 0 amide bonds. The van der Waals surface area contributed by atoms with Gasteiger partial charge in [0.15, 0.2) is 0 Å². The van der Waals surface area contributed by atoms with Gasteiger partial charge >= 0.3 is 0 Å². The summed E-state index contributed by atoms with van der Waals surface area (Å²) in [6.07, 6.45) is 13.2. The van der Waals surface area contributed by atoms with Gasteiger partial charge in [-0.2, -0.15) is 0 Å². The third kappa shape index (κ3) is 3.23. The normalized spacial score (nSPS) is 20.6. The number of nitrogens with zero attached hydrogens (tertiary/aromatic N) is 1. The molecule has 1 aliphatic carbocycles. The Kier molecular flexibility index (Phi) is 4.36. The van der Waals surface area contributed by atoms with Crippen LogP contribution in [0.4, 0.5) is 0 Å². The second kappa shape index (κ2) is 6.01. The predicted molar refractivity (Wildman–Crippen MR) is 82.9 cm³/mol. The van der Waals surface area contributed by atoms with E-state index < -0.39 is 0 Å².